The molecule has 1 unspecified atom stereocenters. The third-order valence-electron chi connectivity index (χ3n) is 6.63. The quantitative estimate of drug-likeness (QED) is 0.404. The fourth-order valence-electron chi connectivity index (χ4n) is 4.62. The van der Waals surface area contributed by atoms with Crippen LogP contribution in [-0.2, 0) is 22.1 Å². The first-order valence-corrected chi connectivity index (χ1v) is 13.5. The van der Waals surface area contributed by atoms with Crippen molar-refractivity contribution in [1.82, 2.24) is 29.5 Å². The molecule has 1 aromatic heterocycles. The summed E-state index contributed by atoms with van der Waals surface area (Å²) in [5, 5.41) is 9.20. The number of piperidine rings is 1. The van der Waals surface area contributed by atoms with Gasteiger partial charge in [-0.15, -0.1) is 0 Å². The summed E-state index contributed by atoms with van der Waals surface area (Å²) in [4.78, 5) is 37.0. The zero-order valence-electron chi connectivity index (χ0n) is 20.9. The van der Waals surface area contributed by atoms with Crippen molar-refractivity contribution in [2.24, 2.45) is 7.05 Å². The van der Waals surface area contributed by atoms with Crippen LogP contribution in [0.4, 0.5) is 4.79 Å². The van der Waals surface area contributed by atoms with Gasteiger partial charge in [0.05, 0.1) is 10.6 Å². The maximum atomic E-state index is 13.5. The van der Waals surface area contributed by atoms with E-state index in [9.17, 15) is 22.8 Å². The molecule has 13 heteroatoms. The fourth-order valence-corrected chi connectivity index (χ4v) is 6.08. The van der Waals surface area contributed by atoms with Crippen LogP contribution >= 0.6 is 11.6 Å². The number of nitrogens with one attached hydrogen (secondary N) is 4. The van der Waals surface area contributed by atoms with Crippen molar-refractivity contribution in [3.8, 4) is 0 Å². The van der Waals surface area contributed by atoms with Crippen molar-refractivity contribution in [2.45, 2.75) is 44.6 Å². The second-order valence-electron chi connectivity index (χ2n) is 9.10. The van der Waals surface area contributed by atoms with Gasteiger partial charge in [0, 0.05) is 51.6 Å². The highest BCUT2D eigenvalue weighted by Gasteiger charge is 2.41. The van der Waals surface area contributed by atoms with Gasteiger partial charge in [-0.25, -0.2) is 9.52 Å². The first-order valence-electron chi connectivity index (χ1n) is 11.7. The van der Waals surface area contributed by atoms with Crippen molar-refractivity contribution >= 4 is 50.6 Å². The van der Waals surface area contributed by atoms with E-state index in [0.717, 1.165) is 20.8 Å². The van der Waals surface area contributed by atoms with Crippen molar-refractivity contribution in [3.63, 3.8) is 0 Å². The highest BCUT2D eigenvalue weighted by atomic mass is 35.5. The number of carbonyl (C=O) groups is 3. The Morgan fingerprint density at radius 2 is 1.89 bits per heavy atom. The van der Waals surface area contributed by atoms with E-state index in [-0.39, 0.29) is 31.3 Å². The molecule has 0 radical (unpaired) electrons. The zero-order valence-corrected chi connectivity index (χ0v) is 22.5. The molecule has 1 saturated heterocycles. The zero-order chi connectivity index (χ0) is 26.7. The number of hydrogen-bond acceptors (Lipinski definition) is 5. The second kappa shape index (κ2) is 11.1. The Kier molecular flexibility index (Phi) is 8.52. The van der Waals surface area contributed by atoms with Gasteiger partial charge < -0.3 is 20.5 Å². The van der Waals surface area contributed by atoms with Crippen LogP contribution in [0.3, 0.4) is 0 Å². The lowest BCUT2D eigenvalue weighted by atomic mass is 9.84. The predicted octanol–water partition coefficient (Wildman–Crippen LogP) is 1.79. The van der Waals surface area contributed by atoms with E-state index in [2.05, 4.69) is 16.0 Å². The number of urea groups is 1. The third kappa shape index (κ3) is 5.93. The molecule has 198 valence electrons. The molecule has 1 aromatic carbocycles. The van der Waals surface area contributed by atoms with Gasteiger partial charge in [-0.2, -0.15) is 12.7 Å². The Morgan fingerprint density at radius 1 is 1.17 bits per heavy atom. The molecule has 2 heterocycles. The minimum absolute atomic E-state index is 0.0391. The highest BCUT2D eigenvalue weighted by molar-refractivity contribution is 7.87. The van der Waals surface area contributed by atoms with Crippen molar-refractivity contribution < 1.29 is 22.8 Å². The van der Waals surface area contributed by atoms with Gasteiger partial charge in [0.25, 0.3) is 5.91 Å². The van der Waals surface area contributed by atoms with Crippen LogP contribution in [0.5, 0.6) is 0 Å². The molecular formula is C23H33ClN6O5S. The minimum Gasteiger partial charge on any atom is -0.359 e. The third-order valence-corrected chi connectivity index (χ3v) is 8.57. The molecule has 2 aromatic rings. The Bertz CT molecular complexity index is 1280. The molecule has 36 heavy (non-hydrogen) atoms. The molecule has 4 N–H and O–H groups in total. The van der Waals surface area contributed by atoms with Gasteiger partial charge in [-0.1, -0.05) is 17.7 Å². The molecule has 0 spiro atoms. The summed E-state index contributed by atoms with van der Waals surface area (Å²) in [5.41, 5.74) is 1.14. The van der Waals surface area contributed by atoms with Crippen molar-refractivity contribution in [2.75, 3.05) is 27.2 Å². The Labute approximate surface area is 216 Å². The molecule has 1 fully saturated rings. The summed E-state index contributed by atoms with van der Waals surface area (Å²) < 4.78 is 30.5. The number of benzene rings is 1. The topological polar surface area (TPSA) is 142 Å². The highest BCUT2D eigenvalue weighted by Crippen LogP contribution is 2.31. The number of aryl methyl sites for hydroxylation is 2. The van der Waals surface area contributed by atoms with E-state index in [4.69, 9.17) is 11.6 Å². The number of rotatable bonds is 8. The summed E-state index contributed by atoms with van der Waals surface area (Å²) >= 11 is 6.47. The Balaban J connectivity index is 1.91. The molecule has 3 rings (SSSR count). The summed E-state index contributed by atoms with van der Waals surface area (Å²) in [6.07, 6.45) is 2.04. The largest absolute Gasteiger partial charge is 0.359 e. The van der Waals surface area contributed by atoms with Gasteiger partial charge in [-0.3, -0.25) is 9.59 Å². The number of nitrogens with zero attached hydrogens (tertiary/aromatic N) is 2. The van der Waals surface area contributed by atoms with E-state index in [1.54, 1.807) is 24.7 Å². The van der Waals surface area contributed by atoms with Crippen LogP contribution in [0, 0.1) is 6.92 Å². The Hall–Kier alpha value is -2.83. The summed E-state index contributed by atoms with van der Waals surface area (Å²) in [5.74, 6) is -0.516. The molecule has 0 bridgehead atoms. The monoisotopic (exact) mass is 540 g/mol. The molecule has 0 saturated carbocycles. The summed E-state index contributed by atoms with van der Waals surface area (Å²) in [6, 6.07) is 4.65. The SMILES string of the molecule is CNC(=O)CCCC1(NC(=O)c2cc3c(Cl)c(C)ccc3n2C)CCCN(S(=O)(=O)NC(=O)NC)C1. The van der Waals surface area contributed by atoms with E-state index < -0.39 is 21.8 Å². The van der Waals surface area contributed by atoms with Crippen LogP contribution < -0.4 is 20.7 Å². The van der Waals surface area contributed by atoms with Crippen molar-refractivity contribution in [1.29, 1.82) is 0 Å². The smallest absolute Gasteiger partial charge is 0.329 e. The summed E-state index contributed by atoms with van der Waals surface area (Å²) in [6.45, 7) is 2.05. The maximum absolute atomic E-state index is 13.5. The van der Waals surface area contributed by atoms with Gasteiger partial charge in [0.2, 0.25) is 5.91 Å². The van der Waals surface area contributed by atoms with Crippen LogP contribution in [0.1, 0.15) is 48.2 Å². The van der Waals surface area contributed by atoms with Gasteiger partial charge in [0.1, 0.15) is 5.69 Å². The van der Waals surface area contributed by atoms with E-state index in [0.29, 0.717) is 36.4 Å². The molecule has 0 aliphatic carbocycles. The lowest BCUT2D eigenvalue weighted by Crippen LogP contribution is -2.61. The predicted molar refractivity (Wildman–Crippen MR) is 138 cm³/mol. The van der Waals surface area contributed by atoms with Crippen LogP contribution in [0.2, 0.25) is 5.02 Å². The van der Waals surface area contributed by atoms with Gasteiger partial charge in [-0.05, 0) is 50.3 Å². The lowest BCUT2D eigenvalue weighted by molar-refractivity contribution is -0.120. The van der Waals surface area contributed by atoms with Crippen LogP contribution in [0.25, 0.3) is 10.9 Å². The fraction of sp³-hybridized carbons (Fsp3) is 0.522. The standard InChI is InChI=1S/C23H33ClN6O5S/c1-15-8-9-17-16(20(15)24)13-18(29(17)4)21(32)27-23(10-5-7-19(31)25-2)11-6-12-30(14-23)36(34,35)28-22(33)26-3/h8-9,13H,5-7,10-12,14H2,1-4H3,(H,25,31)(H,27,32)(H2,26,28,33). The second-order valence-corrected chi connectivity index (χ2v) is 11.2. The van der Waals surface area contributed by atoms with E-state index in [1.807, 2.05) is 23.8 Å². The number of aromatic nitrogens is 1. The minimum atomic E-state index is -4.13. The molecule has 1 atom stereocenters. The van der Waals surface area contributed by atoms with Crippen molar-refractivity contribution in [3.05, 3.63) is 34.5 Å². The first kappa shape index (κ1) is 27.8. The lowest BCUT2D eigenvalue weighted by Gasteiger charge is -2.42. The molecular weight excluding hydrogens is 508 g/mol. The Morgan fingerprint density at radius 3 is 2.56 bits per heavy atom. The van der Waals surface area contributed by atoms with E-state index >= 15 is 0 Å². The summed E-state index contributed by atoms with van der Waals surface area (Å²) in [7, 11) is 0.506. The number of hydrogen-bond donors (Lipinski definition) is 4. The molecule has 1 aliphatic rings. The van der Waals surface area contributed by atoms with Gasteiger partial charge in [0.15, 0.2) is 0 Å². The molecule has 4 amide bonds. The van der Waals surface area contributed by atoms with E-state index in [1.165, 1.54) is 7.05 Å². The number of carbonyl (C=O) groups excluding carboxylic acids is 3. The molecule has 11 nitrogen and oxygen atoms in total. The van der Waals surface area contributed by atoms with Gasteiger partial charge >= 0.3 is 16.2 Å². The maximum Gasteiger partial charge on any atom is 0.329 e. The normalized spacial score (nSPS) is 18.6. The van der Waals surface area contributed by atoms with Crippen LogP contribution in [-0.4, -0.2) is 67.9 Å². The van der Waals surface area contributed by atoms with Crippen LogP contribution in [0.15, 0.2) is 18.2 Å². The average molecular weight is 541 g/mol. The number of fused-ring (bicyclic) bond motifs is 1. The number of halogens is 1. The first-order chi connectivity index (χ1) is 16.9. The average Bonchev–Trinajstić information content (AvgIpc) is 3.18. The molecule has 1 aliphatic heterocycles. The number of amides is 4.